The molecule has 2 rings (SSSR count). The maximum absolute atomic E-state index is 13.5. The number of hydrogen-bond acceptors (Lipinski definition) is 3. The molecule has 0 aliphatic carbocycles. The van der Waals surface area contributed by atoms with Crippen LogP contribution in [-0.4, -0.2) is 11.2 Å². The lowest BCUT2D eigenvalue weighted by atomic mass is 10.3. The third-order valence-electron chi connectivity index (χ3n) is 2.49. The van der Waals surface area contributed by atoms with E-state index in [0.717, 1.165) is 0 Å². The summed E-state index contributed by atoms with van der Waals surface area (Å²) in [5.74, 6) is -0.297. The Morgan fingerprint density at radius 1 is 1.32 bits per heavy atom. The Bertz CT molecular complexity index is 643. The van der Waals surface area contributed by atoms with E-state index in [2.05, 4.69) is 15.9 Å². The molecule has 1 heterocycles. The van der Waals surface area contributed by atoms with Gasteiger partial charge in [0.25, 0.3) is 5.56 Å². The molecule has 0 saturated heterocycles. The second-order valence-electron chi connectivity index (χ2n) is 3.92. The Morgan fingerprint density at radius 2 is 2.11 bits per heavy atom. The van der Waals surface area contributed by atoms with Gasteiger partial charge in [-0.1, -0.05) is 15.9 Å². The minimum atomic E-state index is -0.450. The summed E-state index contributed by atoms with van der Waals surface area (Å²) in [6, 6.07) is 7.46. The zero-order valence-corrected chi connectivity index (χ0v) is 11.6. The second-order valence-corrected chi connectivity index (χ2v) is 4.83. The molecule has 0 radical (unpaired) electrons. The van der Waals surface area contributed by atoms with Gasteiger partial charge in [-0.15, -0.1) is 0 Å². The molecule has 2 aromatic rings. The van der Waals surface area contributed by atoms with Gasteiger partial charge >= 0.3 is 0 Å². The van der Waals surface area contributed by atoms with Gasteiger partial charge in [-0.2, -0.15) is 0 Å². The van der Waals surface area contributed by atoms with Gasteiger partial charge in [0, 0.05) is 22.4 Å². The average Bonchev–Trinajstić information content (AvgIpc) is 2.36. The van der Waals surface area contributed by atoms with Crippen LogP contribution < -0.4 is 16.0 Å². The number of anilines is 1. The smallest absolute Gasteiger partial charge is 0.250 e. The first-order valence-electron chi connectivity index (χ1n) is 5.60. The summed E-state index contributed by atoms with van der Waals surface area (Å²) in [7, 11) is 0. The van der Waals surface area contributed by atoms with Crippen molar-refractivity contribution in [3.05, 3.63) is 57.2 Å². The summed E-state index contributed by atoms with van der Waals surface area (Å²) < 4.78 is 20.8. The first kappa shape index (κ1) is 13.6. The highest BCUT2D eigenvalue weighted by Gasteiger charge is 2.04. The Morgan fingerprint density at radius 3 is 2.84 bits per heavy atom. The third kappa shape index (κ3) is 3.57. The Balaban J connectivity index is 2.00. The van der Waals surface area contributed by atoms with E-state index in [9.17, 15) is 9.18 Å². The lowest BCUT2D eigenvalue weighted by Crippen LogP contribution is -2.22. The Kier molecular flexibility index (Phi) is 4.21. The van der Waals surface area contributed by atoms with Crippen molar-refractivity contribution in [1.29, 1.82) is 0 Å². The van der Waals surface area contributed by atoms with E-state index >= 15 is 0 Å². The van der Waals surface area contributed by atoms with Gasteiger partial charge in [-0.05, 0) is 24.3 Å². The number of hydrogen-bond donors (Lipinski definition) is 1. The lowest BCUT2D eigenvalue weighted by Gasteiger charge is -2.09. The van der Waals surface area contributed by atoms with Gasteiger partial charge in [-0.3, -0.25) is 4.79 Å². The van der Waals surface area contributed by atoms with Gasteiger partial charge in [-0.25, -0.2) is 4.39 Å². The van der Waals surface area contributed by atoms with Crippen LogP contribution in [0.15, 0.2) is 45.8 Å². The highest BCUT2D eigenvalue weighted by molar-refractivity contribution is 9.10. The number of rotatable bonds is 4. The highest BCUT2D eigenvalue weighted by atomic mass is 79.9. The number of benzene rings is 1. The molecule has 0 aliphatic heterocycles. The fourth-order valence-electron chi connectivity index (χ4n) is 1.57. The summed E-state index contributed by atoms with van der Waals surface area (Å²) in [5, 5.41) is 0. The number of nitrogen functional groups attached to an aromatic ring is 1. The van der Waals surface area contributed by atoms with Crippen molar-refractivity contribution < 1.29 is 9.13 Å². The van der Waals surface area contributed by atoms with Gasteiger partial charge in [0.05, 0.1) is 6.54 Å². The van der Waals surface area contributed by atoms with E-state index < -0.39 is 5.82 Å². The van der Waals surface area contributed by atoms with Crippen molar-refractivity contribution in [2.45, 2.75) is 6.54 Å². The maximum atomic E-state index is 13.5. The van der Waals surface area contributed by atoms with Gasteiger partial charge in [0.15, 0.2) is 11.6 Å². The summed E-state index contributed by atoms with van der Waals surface area (Å²) >= 11 is 3.16. The molecule has 4 nitrogen and oxygen atoms in total. The molecule has 0 fully saturated rings. The average molecular weight is 327 g/mol. The molecule has 19 heavy (non-hydrogen) atoms. The van der Waals surface area contributed by atoms with Crippen LogP contribution in [0.2, 0.25) is 0 Å². The normalized spacial score (nSPS) is 10.4. The molecule has 0 bridgehead atoms. The topological polar surface area (TPSA) is 57.2 Å². The zero-order chi connectivity index (χ0) is 13.8. The van der Waals surface area contributed by atoms with Crippen LogP contribution in [0.4, 0.5) is 10.1 Å². The SMILES string of the molecule is Nc1ccc(=O)n(CCOc2ccc(Br)cc2F)c1. The second kappa shape index (κ2) is 5.88. The van der Waals surface area contributed by atoms with Crippen molar-refractivity contribution >= 4 is 21.6 Å². The molecule has 1 aromatic heterocycles. The van der Waals surface area contributed by atoms with E-state index in [0.29, 0.717) is 16.7 Å². The van der Waals surface area contributed by atoms with Crippen LogP contribution in [0.3, 0.4) is 0 Å². The number of pyridine rings is 1. The van der Waals surface area contributed by atoms with Crippen molar-refractivity contribution in [1.82, 2.24) is 4.57 Å². The lowest BCUT2D eigenvalue weighted by molar-refractivity contribution is 0.282. The molecular weight excluding hydrogens is 315 g/mol. The molecule has 0 spiro atoms. The van der Waals surface area contributed by atoms with Crippen LogP contribution in [0.25, 0.3) is 0 Å². The number of aromatic nitrogens is 1. The van der Waals surface area contributed by atoms with Gasteiger partial charge in [0.1, 0.15) is 6.61 Å². The first-order chi connectivity index (χ1) is 9.06. The van der Waals surface area contributed by atoms with E-state index in [4.69, 9.17) is 10.5 Å². The van der Waals surface area contributed by atoms with Gasteiger partial charge in [0.2, 0.25) is 0 Å². The van der Waals surface area contributed by atoms with E-state index in [1.807, 2.05) is 0 Å². The van der Waals surface area contributed by atoms with Crippen LogP contribution >= 0.6 is 15.9 Å². The number of nitrogens with zero attached hydrogens (tertiary/aromatic N) is 1. The summed E-state index contributed by atoms with van der Waals surface area (Å²) in [6.07, 6.45) is 1.53. The molecule has 0 amide bonds. The molecule has 1 aromatic carbocycles. The van der Waals surface area contributed by atoms with E-state index in [-0.39, 0.29) is 17.9 Å². The zero-order valence-electron chi connectivity index (χ0n) is 9.98. The number of nitrogens with two attached hydrogens (primary N) is 1. The minimum Gasteiger partial charge on any atom is -0.489 e. The van der Waals surface area contributed by atoms with Crippen LogP contribution in [0.5, 0.6) is 5.75 Å². The van der Waals surface area contributed by atoms with Crippen LogP contribution in [0, 0.1) is 5.82 Å². The van der Waals surface area contributed by atoms with Crippen molar-refractivity contribution in [3.8, 4) is 5.75 Å². The summed E-state index contributed by atoms with van der Waals surface area (Å²) in [5.41, 5.74) is 5.91. The van der Waals surface area contributed by atoms with Crippen molar-refractivity contribution in [3.63, 3.8) is 0 Å². The van der Waals surface area contributed by atoms with E-state index in [1.54, 1.807) is 6.07 Å². The summed E-state index contributed by atoms with van der Waals surface area (Å²) in [4.78, 5) is 11.5. The Hall–Kier alpha value is -1.82. The van der Waals surface area contributed by atoms with E-state index in [1.165, 1.54) is 35.0 Å². The molecule has 0 saturated carbocycles. The molecule has 100 valence electrons. The quantitative estimate of drug-likeness (QED) is 0.938. The largest absolute Gasteiger partial charge is 0.489 e. The monoisotopic (exact) mass is 326 g/mol. The number of halogens is 2. The standard InChI is InChI=1S/C13H12BrFN2O2/c14-9-1-3-12(11(15)7-9)19-6-5-17-8-10(16)2-4-13(17)18/h1-4,7-8H,5-6,16H2. The van der Waals surface area contributed by atoms with Crippen LogP contribution in [-0.2, 0) is 6.54 Å². The van der Waals surface area contributed by atoms with Crippen molar-refractivity contribution in [2.24, 2.45) is 0 Å². The molecule has 2 N–H and O–H groups in total. The van der Waals surface area contributed by atoms with Gasteiger partial charge < -0.3 is 15.0 Å². The first-order valence-corrected chi connectivity index (χ1v) is 6.39. The third-order valence-corrected chi connectivity index (χ3v) is 2.98. The summed E-state index contributed by atoms with van der Waals surface area (Å²) in [6.45, 7) is 0.487. The Labute approximate surface area is 117 Å². The predicted octanol–water partition coefficient (Wildman–Crippen LogP) is 2.41. The minimum absolute atomic E-state index is 0.153. The molecule has 0 aliphatic rings. The number of ether oxygens (including phenoxy) is 1. The maximum Gasteiger partial charge on any atom is 0.250 e. The molecule has 6 heteroatoms. The fourth-order valence-corrected chi connectivity index (χ4v) is 1.90. The van der Waals surface area contributed by atoms with Crippen LogP contribution in [0.1, 0.15) is 0 Å². The molecule has 0 unspecified atom stereocenters. The van der Waals surface area contributed by atoms with Crippen molar-refractivity contribution in [2.75, 3.05) is 12.3 Å². The molecule has 0 atom stereocenters. The molecular formula is C13H12BrFN2O2. The fraction of sp³-hybridized carbons (Fsp3) is 0.154. The predicted molar refractivity (Wildman–Crippen MR) is 74.7 cm³/mol. The highest BCUT2D eigenvalue weighted by Crippen LogP contribution is 2.21.